The van der Waals surface area contributed by atoms with E-state index in [1.165, 1.54) is 12.1 Å². The number of benzene rings is 2. The lowest BCUT2D eigenvalue weighted by molar-refractivity contribution is -0.130. The van der Waals surface area contributed by atoms with Crippen LogP contribution in [0.1, 0.15) is 17.5 Å². The van der Waals surface area contributed by atoms with Crippen LogP contribution in [0, 0.1) is 5.82 Å². The summed E-state index contributed by atoms with van der Waals surface area (Å²) in [6.45, 7) is 1.60. The summed E-state index contributed by atoms with van der Waals surface area (Å²) in [6, 6.07) is 11.9. The van der Waals surface area contributed by atoms with E-state index in [-0.39, 0.29) is 35.2 Å². The maximum atomic E-state index is 14.0. The monoisotopic (exact) mass is 404 g/mol. The number of hydrogen-bond acceptors (Lipinski definition) is 3. The predicted molar refractivity (Wildman–Crippen MR) is 105 cm³/mol. The van der Waals surface area contributed by atoms with Crippen LogP contribution in [0.3, 0.4) is 0 Å². The summed E-state index contributed by atoms with van der Waals surface area (Å²) in [6.07, 6.45) is 0.121. The molecule has 0 aromatic heterocycles. The zero-order valence-electron chi connectivity index (χ0n) is 15.7. The van der Waals surface area contributed by atoms with E-state index in [0.717, 1.165) is 11.3 Å². The quantitative estimate of drug-likeness (QED) is 0.768. The van der Waals surface area contributed by atoms with Gasteiger partial charge in [0.25, 0.3) is 0 Å². The van der Waals surface area contributed by atoms with Crippen molar-refractivity contribution in [3.63, 3.8) is 0 Å². The van der Waals surface area contributed by atoms with Gasteiger partial charge >= 0.3 is 0 Å². The van der Waals surface area contributed by atoms with Crippen LogP contribution < -0.4 is 4.74 Å². The third kappa shape index (κ3) is 4.81. The number of halogens is 2. The molecule has 2 amide bonds. The average molecular weight is 405 g/mol. The highest BCUT2D eigenvalue weighted by Gasteiger charge is 2.25. The number of hydrogen-bond donors (Lipinski definition) is 0. The molecule has 1 saturated heterocycles. The predicted octanol–water partition coefficient (Wildman–Crippen LogP) is 3.29. The maximum absolute atomic E-state index is 14.0. The molecule has 28 heavy (non-hydrogen) atoms. The topological polar surface area (TPSA) is 49.9 Å². The first-order valence-electron chi connectivity index (χ1n) is 9.09. The van der Waals surface area contributed by atoms with Crippen molar-refractivity contribution < 1.29 is 18.7 Å². The van der Waals surface area contributed by atoms with Crippen molar-refractivity contribution in [1.29, 1.82) is 0 Å². The molecule has 1 heterocycles. The number of nitrogens with zero attached hydrogens (tertiary/aromatic N) is 2. The number of rotatable bonds is 5. The Bertz CT molecular complexity index is 854. The fourth-order valence-corrected chi connectivity index (χ4v) is 3.47. The Morgan fingerprint density at radius 1 is 1.18 bits per heavy atom. The zero-order valence-corrected chi connectivity index (χ0v) is 16.4. The first kappa shape index (κ1) is 20.1. The Kier molecular flexibility index (Phi) is 6.52. The molecular weight excluding hydrogens is 383 g/mol. The van der Waals surface area contributed by atoms with Crippen LogP contribution in [0.15, 0.2) is 42.5 Å². The Hall–Kier alpha value is -2.60. The molecular formula is C21H22ClFN2O3. The number of ether oxygens (including phenoxy) is 1. The van der Waals surface area contributed by atoms with E-state index in [1.807, 2.05) is 24.3 Å². The standard InChI is InChI=1S/C21H22ClFN2O3/c1-28-16-5-2-4-15(12-16)14-25-11-10-24(9-8-20(25)26)21(27)13-17-18(22)6-3-7-19(17)23/h2-7,12H,8-11,13-14H2,1H3. The molecule has 0 N–H and O–H groups in total. The van der Waals surface area contributed by atoms with Gasteiger partial charge in [-0.1, -0.05) is 29.8 Å². The van der Waals surface area contributed by atoms with Crippen molar-refractivity contribution in [2.45, 2.75) is 19.4 Å². The van der Waals surface area contributed by atoms with E-state index in [1.54, 1.807) is 23.0 Å². The highest BCUT2D eigenvalue weighted by atomic mass is 35.5. The molecule has 1 fully saturated rings. The number of amides is 2. The molecule has 0 atom stereocenters. The molecule has 2 aromatic carbocycles. The van der Waals surface area contributed by atoms with Gasteiger partial charge in [-0.15, -0.1) is 0 Å². The van der Waals surface area contributed by atoms with Crippen LogP contribution in [0.4, 0.5) is 4.39 Å². The second-order valence-electron chi connectivity index (χ2n) is 6.67. The second kappa shape index (κ2) is 9.06. The molecule has 0 aliphatic carbocycles. The van der Waals surface area contributed by atoms with Crippen LogP contribution in [-0.2, 0) is 22.6 Å². The van der Waals surface area contributed by atoms with Crippen LogP contribution in [0.2, 0.25) is 5.02 Å². The van der Waals surface area contributed by atoms with Crippen molar-refractivity contribution in [2.75, 3.05) is 26.7 Å². The van der Waals surface area contributed by atoms with E-state index in [9.17, 15) is 14.0 Å². The third-order valence-corrected chi connectivity index (χ3v) is 5.19. The van der Waals surface area contributed by atoms with E-state index in [2.05, 4.69) is 0 Å². The molecule has 0 bridgehead atoms. The van der Waals surface area contributed by atoms with Gasteiger partial charge in [-0.05, 0) is 29.8 Å². The summed E-state index contributed by atoms with van der Waals surface area (Å²) in [4.78, 5) is 28.5. The summed E-state index contributed by atoms with van der Waals surface area (Å²) in [7, 11) is 1.60. The zero-order chi connectivity index (χ0) is 20.1. The van der Waals surface area contributed by atoms with Crippen molar-refractivity contribution in [2.24, 2.45) is 0 Å². The van der Waals surface area contributed by atoms with Gasteiger partial charge in [-0.3, -0.25) is 9.59 Å². The Morgan fingerprint density at radius 2 is 1.96 bits per heavy atom. The molecule has 5 nitrogen and oxygen atoms in total. The minimum Gasteiger partial charge on any atom is -0.497 e. The second-order valence-corrected chi connectivity index (χ2v) is 7.08. The van der Waals surface area contributed by atoms with Gasteiger partial charge in [0.05, 0.1) is 13.5 Å². The van der Waals surface area contributed by atoms with Crippen LogP contribution in [0.25, 0.3) is 0 Å². The number of methoxy groups -OCH3 is 1. The number of carbonyl (C=O) groups is 2. The first-order valence-corrected chi connectivity index (χ1v) is 9.47. The van der Waals surface area contributed by atoms with Gasteiger partial charge in [-0.2, -0.15) is 0 Å². The minimum absolute atomic E-state index is 0.0120. The summed E-state index contributed by atoms with van der Waals surface area (Å²) in [5.41, 5.74) is 1.16. The molecule has 1 aliphatic rings. The number of carbonyl (C=O) groups excluding carboxylic acids is 2. The summed E-state index contributed by atoms with van der Waals surface area (Å²) < 4.78 is 19.2. The van der Waals surface area contributed by atoms with E-state index >= 15 is 0 Å². The average Bonchev–Trinajstić information content (AvgIpc) is 2.87. The molecule has 0 spiro atoms. The Labute approximate surface area is 168 Å². The summed E-state index contributed by atoms with van der Waals surface area (Å²) >= 11 is 6.02. The van der Waals surface area contributed by atoms with Gasteiger partial charge in [0.1, 0.15) is 11.6 Å². The van der Waals surface area contributed by atoms with Crippen LogP contribution in [-0.4, -0.2) is 48.4 Å². The van der Waals surface area contributed by atoms with Crippen molar-refractivity contribution >= 4 is 23.4 Å². The SMILES string of the molecule is COc1cccc(CN2CCN(C(=O)Cc3c(F)cccc3Cl)CCC2=O)c1. The lowest BCUT2D eigenvalue weighted by Crippen LogP contribution is -2.36. The Balaban J connectivity index is 1.64. The van der Waals surface area contributed by atoms with Gasteiger partial charge in [0.15, 0.2) is 0 Å². The third-order valence-electron chi connectivity index (χ3n) is 4.84. The largest absolute Gasteiger partial charge is 0.497 e. The lowest BCUT2D eigenvalue weighted by Gasteiger charge is -2.23. The highest BCUT2D eigenvalue weighted by Crippen LogP contribution is 2.21. The first-order chi connectivity index (χ1) is 13.5. The normalized spacial score (nSPS) is 14.8. The van der Waals surface area contributed by atoms with Crippen molar-refractivity contribution in [3.05, 3.63) is 64.4 Å². The van der Waals surface area contributed by atoms with Gasteiger partial charge in [-0.25, -0.2) is 4.39 Å². The van der Waals surface area contributed by atoms with E-state index < -0.39 is 5.82 Å². The molecule has 148 valence electrons. The fourth-order valence-electron chi connectivity index (χ4n) is 3.24. The van der Waals surface area contributed by atoms with Gasteiger partial charge in [0, 0.05) is 43.2 Å². The van der Waals surface area contributed by atoms with Gasteiger partial charge < -0.3 is 14.5 Å². The molecule has 3 rings (SSSR count). The van der Waals surface area contributed by atoms with Crippen LogP contribution >= 0.6 is 11.6 Å². The molecule has 2 aromatic rings. The minimum atomic E-state index is -0.494. The fraction of sp³-hybridized carbons (Fsp3) is 0.333. The highest BCUT2D eigenvalue weighted by molar-refractivity contribution is 6.31. The summed E-state index contributed by atoms with van der Waals surface area (Å²) in [5.74, 6) is -0.00480. The molecule has 0 saturated carbocycles. The van der Waals surface area contributed by atoms with Crippen molar-refractivity contribution in [3.8, 4) is 5.75 Å². The maximum Gasteiger partial charge on any atom is 0.227 e. The van der Waals surface area contributed by atoms with Gasteiger partial charge in [0.2, 0.25) is 11.8 Å². The van der Waals surface area contributed by atoms with E-state index in [4.69, 9.17) is 16.3 Å². The smallest absolute Gasteiger partial charge is 0.227 e. The molecule has 0 radical (unpaired) electrons. The molecule has 7 heteroatoms. The van der Waals surface area contributed by atoms with Crippen LogP contribution in [0.5, 0.6) is 5.75 Å². The Morgan fingerprint density at radius 3 is 2.71 bits per heavy atom. The van der Waals surface area contributed by atoms with Crippen molar-refractivity contribution in [1.82, 2.24) is 9.80 Å². The van der Waals surface area contributed by atoms with E-state index in [0.29, 0.717) is 26.2 Å². The summed E-state index contributed by atoms with van der Waals surface area (Å²) in [5, 5.41) is 0.235. The molecule has 0 unspecified atom stereocenters. The lowest BCUT2D eigenvalue weighted by atomic mass is 10.1. The molecule has 1 aliphatic heterocycles.